The van der Waals surface area contributed by atoms with Crippen LogP contribution in [0.4, 0.5) is 4.79 Å². The van der Waals surface area contributed by atoms with Gasteiger partial charge >= 0.3 is 6.03 Å². The van der Waals surface area contributed by atoms with Crippen LogP contribution in [0.15, 0.2) is 54.7 Å². The molecular formula is C28H32N4O. The van der Waals surface area contributed by atoms with E-state index in [1.807, 2.05) is 42.6 Å². The van der Waals surface area contributed by atoms with Gasteiger partial charge in [-0.1, -0.05) is 24.3 Å². The van der Waals surface area contributed by atoms with Crippen LogP contribution in [0.5, 0.6) is 0 Å². The van der Waals surface area contributed by atoms with E-state index in [9.17, 15) is 4.79 Å². The van der Waals surface area contributed by atoms with Crippen molar-refractivity contribution in [1.29, 1.82) is 5.26 Å². The smallest absolute Gasteiger partial charge is 0.326 e. The molecule has 1 amide bonds. The number of fused-ring (bicyclic) bond motifs is 2. The third-order valence-corrected chi connectivity index (χ3v) is 7.58. The van der Waals surface area contributed by atoms with Gasteiger partial charge in [0.05, 0.1) is 17.1 Å². The number of amides is 1. The van der Waals surface area contributed by atoms with Gasteiger partial charge in [0.2, 0.25) is 0 Å². The molecule has 0 atom stereocenters. The van der Waals surface area contributed by atoms with E-state index in [1.54, 1.807) is 4.57 Å². The summed E-state index contributed by atoms with van der Waals surface area (Å²) >= 11 is 0. The second-order valence-electron chi connectivity index (χ2n) is 9.64. The van der Waals surface area contributed by atoms with Gasteiger partial charge in [0.25, 0.3) is 0 Å². The lowest BCUT2D eigenvalue weighted by molar-refractivity contribution is 0.214. The number of rotatable bonds is 4. The van der Waals surface area contributed by atoms with Gasteiger partial charge in [0.15, 0.2) is 0 Å². The van der Waals surface area contributed by atoms with Crippen molar-refractivity contribution >= 4 is 16.9 Å². The van der Waals surface area contributed by atoms with Crippen molar-refractivity contribution in [3.05, 3.63) is 71.4 Å². The monoisotopic (exact) mass is 440 g/mol. The van der Waals surface area contributed by atoms with Crippen LogP contribution in [0.1, 0.15) is 48.8 Å². The second kappa shape index (κ2) is 9.80. The first kappa shape index (κ1) is 21.7. The van der Waals surface area contributed by atoms with Crippen molar-refractivity contribution in [2.24, 2.45) is 5.92 Å². The fraction of sp³-hybridized carbons (Fsp3) is 0.429. The maximum Gasteiger partial charge on any atom is 0.326 e. The number of nitriles is 1. The molecule has 5 rings (SSSR count). The average molecular weight is 441 g/mol. The van der Waals surface area contributed by atoms with Crippen molar-refractivity contribution in [3.8, 4) is 6.07 Å². The highest BCUT2D eigenvalue weighted by atomic mass is 16.2. The Morgan fingerprint density at radius 1 is 1.00 bits per heavy atom. The minimum absolute atomic E-state index is 0.0108. The minimum atomic E-state index is -0.0108. The summed E-state index contributed by atoms with van der Waals surface area (Å²) < 4.78 is 1.73. The molecule has 5 heteroatoms. The quantitative estimate of drug-likeness (QED) is 0.612. The van der Waals surface area contributed by atoms with Crippen molar-refractivity contribution < 1.29 is 4.79 Å². The highest BCUT2D eigenvalue weighted by molar-refractivity contribution is 5.91. The van der Waals surface area contributed by atoms with Crippen molar-refractivity contribution in [3.63, 3.8) is 0 Å². The SMILES string of the molecule is N#Cc1ccc2c(c1)CCN(CCC1CCC(NC(=O)n3ccc4ccccc43)CC1)CC2. The first-order valence-electron chi connectivity index (χ1n) is 12.3. The largest absolute Gasteiger partial charge is 0.335 e. The number of hydrogen-bond donors (Lipinski definition) is 1. The van der Waals surface area contributed by atoms with Crippen LogP contribution in [0, 0.1) is 17.2 Å². The number of nitrogens with one attached hydrogen (secondary N) is 1. The van der Waals surface area contributed by atoms with E-state index >= 15 is 0 Å². The van der Waals surface area contributed by atoms with Gasteiger partial charge in [-0.25, -0.2) is 4.79 Å². The molecule has 2 aromatic carbocycles. The molecule has 0 unspecified atom stereocenters. The summed E-state index contributed by atoms with van der Waals surface area (Å²) in [6.45, 7) is 3.34. The lowest BCUT2D eigenvalue weighted by atomic mass is 9.84. The number of carbonyl (C=O) groups excluding carboxylic acids is 1. The molecule has 1 aliphatic heterocycles. The summed E-state index contributed by atoms with van der Waals surface area (Å²) in [5.74, 6) is 0.751. The number of aromatic nitrogens is 1. The third-order valence-electron chi connectivity index (χ3n) is 7.58. The fourth-order valence-corrected chi connectivity index (χ4v) is 5.53. The molecule has 1 N–H and O–H groups in total. The van der Waals surface area contributed by atoms with E-state index in [0.717, 1.165) is 67.7 Å². The lowest BCUT2D eigenvalue weighted by Gasteiger charge is -2.30. The Bertz CT molecular complexity index is 1170. The van der Waals surface area contributed by atoms with Crippen molar-refractivity contribution in [1.82, 2.24) is 14.8 Å². The van der Waals surface area contributed by atoms with Crippen LogP contribution in [-0.4, -0.2) is 41.2 Å². The number of nitrogens with zero attached hydrogens (tertiary/aromatic N) is 3. The summed E-state index contributed by atoms with van der Waals surface area (Å²) in [4.78, 5) is 15.4. The van der Waals surface area contributed by atoms with E-state index in [2.05, 4.69) is 28.4 Å². The zero-order valence-corrected chi connectivity index (χ0v) is 19.2. The normalized spacial score (nSPS) is 21.2. The Balaban J connectivity index is 1.07. The molecule has 0 saturated heterocycles. The third kappa shape index (κ3) is 4.96. The fourth-order valence-electron chi connectivity index (χ4n) is 5.53. The van der Waals surface area contributed by atoms with Gasteiger partial charge in [0.1, 0.15) is 0 Å². The average Bonchev–Trinajstić information content (AvgIpc) is 3.18. The van der Waals surface area contributed by atoms with Crippen LogP contribution in [0.3, 0.4) is 0 Å². The maximum atomic E-state index is 12.8. The number of carbonyl (C=O) groups is 1. The molecule has 3 aromatic rings. The highest BCUT2D eigenvalue weighted by Gasteiger charge is 2.24. The van der Waals surface area contributed by atoms with E-state index in [-0.39, 0.29) is 12.1 Å². The molecule has 170 valence electrons. The topological polar surface area (TPSA) is 61.1 Å². The molecule has 1 fully saturated rings. The van der Waals surface area contributed by atoms with Crippen LogP contribution in [-0.2, 0) is 12.8 Å². The van der Waals surface area contributed by atoms with Crippen LogP contribution < -0.4 is 5.32 Å². The summed E-state index contributed by atoms with van der Waals surface area (Å²) in [6.07, 6.45) is 9.74. The van der Waals surface area contributed by atoms with Gasteiger partial charge in [-0.05, 0) is 92.8 Å². The summed E-state index contributed by atoms with van der Waals surface area (Å²) in [5, 5.41) is 13.5. The Morgan fingerprint density at radius 3 is 2.61 bits per heavy atom. The molecule has 33 heavy (non-hydrogen) atoms. The molecule has 5 nitrogen and oxygen atoms in total. The van der Waals surface area contributed by atoms with Gasteiger partial charge in [-0.15, -0.1) is 0 Å². The Hall–Kier alpha value is -3.10. The first-order chi connectivity index (χ1) is 16.2. The molecule has 2 aliphatic rings. The molecule has 0 radical (unpaired) electrons. The second-order valence-corrected chi connectivity index (χ2v) is 9.64. The van der Waals surface area contributed by atoms with E-state index in [0.29, 0.717) is 0 Å². The maximum absolute atomic E-state index is 12.8. The van der Waals surface area contributed by atoms with E-state index in [1.165, 1.54) is 30.4 Å². The molecule has 1 aliphatic carbocycles. The van der Waals surface area contributed by atoms with Crippen LogP contribution >= 0.6 is 0 Å². The van der Waals surface area contributed by atoms with E-state index in [4.69, 9.17) is 5.26 Å². The molecule has 1 saturated carbocycles. The van der Waals surface area contributed by atoms with Gasteiger partial charge in [-0.3, -0.25) is 4.57 Å². The molecule has 0 bridgehead atoms. The van der Waals surface area contributed by atoms with Crippen LogP contribution in [0.25, 0.3) is 10.9 Å². The standard InChI is InChI=1S/C28H32N4O/c29-20-22-5-8-23-12-16-31(17-13-25(23)19-22)15-11-21-6-9-26(10-7-21)30-28(33)32-18-14-24-3-1-2-4-27(24)32/h1-5,8,14,18-19,21,26H,6-7,9-13,15-17H2,(H,30,33). The Morgan fingerprint density at radius 2 is 1.79 bits per heavy atom. The Labute approximate surface area is 196 Å². The van der Waals surface area contributed by atoms with Crippen LogP contribution in [0.2, 0.25) is 0 Å². The van der Waals surface area contributed by atoms with Crippen molar-refractivity contribution in [2.45, 2.75) is 51.0 Å². The van der Waals surface area contributed by atoms with Gasteiger partial charge in [-0.2, -0.15) is 5.26 Å². The molecular weight excluding hydrogens is 408 g/mol. The summed E-state index contributed by atoms with van der Waals surface area (Å²) in [5.41, 5.74) is 4.50. The summed E-state index contributed by atoms with van der Waals surface area (Å²) in [6, 6.07) is 18.7. The zero-order valence-electron chi connectivity index (χ0n) is 19.2. The minimum Gasteiger partial charge on any atom is -0.335 e. The zero-order chi connectivity index (χ0) is 22.6. The van der Waals surface area contributed by atoms with Crippen molar-refractivity contribution in [2.75, 3.05) is 19.6 Å². The van der Waals surface area contributed by atoms with Gasteiger partial charge in [0, 0.05) is 30.7 Å². The number of hydrogen-bond acceptors (Lipinski definition) is 3. The Kier molecular flexibility index (Phi) is 6.46. The predicted molar refractivity (Wildman–Crippen MR) is 131 cm³/mol. The number of benzene rings is 2. The summed E-state index contributed by atoms with van der Waals surface area (Å²) in [7, 11) is 0. The highest BCUT2D eigenvalue weighted by Crippen LogP contribution is 2.28. The molecule has 0 spiro atoms. The molecule has 1 aromatic heterocycles. The first-order valence-corrected chi connectivity index (χ1v) is 12.3. The van der Waals surface area contributed by atoms with E-state index < -0.39 is 0 Å². The number of para-hydroxylation sites is 1. The molecule has 2 heterocycles. The lowest BCUT2D eigenvalue weighted by Crippen LogP contribution is -2.40. The predicted octanol–water partition coefficient (Wildman–Crippen LogP) is 5.12. The van der Waals surface area contributed by atoms with Gasteiger partial charge < -0.3 is 10.2 Å².